The molecule has 12 nitrogen and oxygen atoms in total. The van der Waals surface area contributed by atoms with E-state index in [1.165, 1.54) is 37.4 Å². The number of Topliss-reactive ketones (excluding diaryl/α,β-unsaturated/α-hetero) is 2. The molecule has 0 atom stereocenters. The van der Waals surface area contributed by atoms with Crippen molar-refractivity contribution in [1.29, 1.82) is 0 Å². The molecule has 0 unspecified atom stereocenters. The molecule has 65 heavy (non-hydrogen) atoms. The molecule has 2 heterocycles. The number of ether oxygens (including phenoxy) is 1. The molecule has 0 saturated heterocycles. The third kappa shape index (κ3) is 9.32. The lowest BCUT2D eigenvalue weighted by Crippen LogP contribution is -2.33. The monoisotopic (exact) mass is 886 g/mol. The quantitative estimate of drug-likeness (QED) is 0.121. The summed E-state index contributed by atoms with van der Waals surface area (Å²) in [5, 5.41) is 23.1. The number of anilines is 2. The van der Waals surface area contributed by atoms with Crippen molar-refractivity contribution >= 4 is 46.2 Å². The van der Waals surface area contributed by atoms with Crippen LogP contribution in [0.3, 0.4) is 0 Å². The molecule has 0 aliphatic carbocycles. The predicted molar refractivity (Wildman–Crippen MR) is 234 cm³/mol. The smallest absolute Gasteiger partial charge is 0.261 e. The second-order valence-corrected chi connectivity index (χ2v) is 15.6. The highest BCUT2D eigenvalue weighted by atomic mass is 19.1. The van der Waals surface area contributed by atoms with Crippen molar-refractivity contribution in [3.63, 3.8) is 0 Å². The van der Waals surface area contributed by atoms with Gasteiger partial charge in [-0.3, -0.25) is 19.2 Å². The number of methoxy groups -OCH3 is 1. The summed E-state index contributed by atoms with van der Waals surface area (Å²) in [6.07, 6.45) is 0. The topological polar surface area (TPSA) is 165 Å². The number of phenolic OH excluding ortho intramolecular Hbond substituents is 1. The molecule has 6 aromatic rings. The Labute approximate surface area is 369 Å². The lowest BCUT2D eigenvalue weighted by atomic mass is 9.93. The van der Waals surface area contributed by atoms with Crippen LogP contribution in [0.25, 0.3) is 22.3 Å². The van der Waals surface area contributed by atoms with Crippen molar-refractivity contribution in [2.45, 2.75) is 38.9 Å². The molecule has 16 heteroatoms. The van der Waals surface area contributed by atoms with Gasteiger partial charge in [-0.25, -0.2) is 17.6 Å². The highest BCUT2D eigenvalue weighted by Crippen LogP contribution is 2.35. The van der Waals surface area contributed by atoms with Crippen molar-refractivity contribution in [3.8, 4) is 33.8 Å². The zero-order valence-corrected chi connectivity index (χ0v) is 35.3. The van der Waals surface area contributed by atoms with E-state index in [1.54, 1.807) is 94.4 Å². The second-order valence-electron chi connectivity index (χ2n) is 15.6. The first kappa shape index (κ1) is 44.9. The first-order chi connectivity index (χ1) is 30.9. The Bertz CT molecular complexity index is 2910. The van der Waals surface area contributed by atoms with Gasteiger partial charge in [-0.05, 0) is 124 Å². The van der Waals surface area contributed by atoms with E-state index in [1.807, 2.05) is 0 Å². The normalized spacial score (nSPS) is 14.5. The van der Waals surface area contributed by atoms with Gasteiger partial charge in [-0.15, -0.1) is 0 Å². The number of carbonyl (C=O) groups excluding carboxylic acids is 4. The number of nitrogens with zero attached hydrogens (tertiary/aromatic N) is 2. The summed E-state index contributed by atoms with van der Waals surface area (Å²) in [4.78, 5) is 60.0. The van der Waals surface area contributed by atoms with Crippen LogP contribution in [0.15, 0.2) is 132 Å². The molecule has 3 N–H and O–H groups in total. The van der Waals surface area contributed by atoms with Crippen LogP contribution < -0.4 is 15.4 Å². The SMILES string of the molecule is CC1(C)ON=C(c2ccc(O)c(-c3ccc(NC(=O)c4c(F)cccc4F)cc3)c2)C1=O.COc1ccc(C2=NOC(C)(C)C2=O)cc1-c1ccc(NC(=O)c2c(F)cccc2F)cc1. The Morgan fingerprint density at radius 1 is 0.554 bits per heavy atom. The molecule has 0 spiro atoms. The average molecular weight is 887 g/mol. The second kappa shape index (κ2) is 17.9. The minimum absolute atomic E-state index is 0.0230. The summed E-state index contributed by atoms with van der Waals surface area (Å²) >= 11 is 0. The summed E-state index contributed by atoms with van der Waals surface area (Å²) in [5.74, 6) is -5.57. The van der Waals surface area contributed by atoms with Crippen LogP contribution in [0.5, 0.6) is 11.5 Å². The lowest BCUT2D eigenvalue weighted by Gasteiger charge is -2.13. The van der Waals surface area contributed by atoms with Crippen LogP contribution in [-0.4, -0.2) is 58.2 Å². The molecule has 0 saturated carbocycles. The van der Waals surface area contributed by atoms with Crippen LogP contribution in [0.4, 0.5) is 28.9 Å². The van der Waals surface area contributed by atoms with Crippen molar-refractivity contribution in [2.75, 3.05) is 17.7 Å². The van der Waals surface area contributed by atoms with E-state index >= 15 is 0 Å². The van der Waals surface area contributed by atoms with Gasteiger partial charge in [0.05, 0.1) is 7.11 Å². The number of oxime groups is 2. The number of halogens is 4. The predicted octanol–water partition coefficient (Wildman–Crippen LogP) is 9.65. The van der Waals surface area contributed by atoms with Crippen molar-refractivity contribution in [3.05, 3.63) is 167 Å². The van der Waals surface area contributed by atoms with E-state index in [4.69, 9.17) is 14.4 Å². The Kier molecular flexibility index (Phi) is 12.4. The first-order valence-corrected chi connectivity index (χ1v) is 19.7. The molecule has 0 bridgehead atoms. The maximum Gasteiger partial charge on any atom is 0.261 e. The standard InChI is InChI=1S/C25H20F2N2O4.C24H18F2N2O4/c1-25(2)23(30)22(29-33-25)15-9-12-20(32-3)17(13-15)14-7-10-16(11-8-14)28-24(31)21-18(26)5-4-6-19(21)27;1-24(2)22(30)21(28-32-24)14-8-11-19(29)16(12-14)13-6-9-15(10-7-13)27-23(31)20-17(25)4-3-5-18(20)26/h4-13H,1-3H3,(H,28,31);3-12,29H,1-2H3,(H,27,31). The minimum Gasteiger partial charge on any atom is -0.507 e. The van der Waals surface area contributed by atoms with Gasteiger partial charge in [-0.1, -0.05) is 46.7 Å². The van der Waals surface area contributed by atoms with Crippen LogP contribution in [0.2, 0.25) is 0 Å². The van der Waals surface area contributed by atoms with Gasteiger partial charge in [0, 0.05) is 33.6 Å². The zero-order chi connectivity index (χ0) is 46.8. The molecular weight excluding hydrogens is 849 g/mol. The van der Waals surface area contributed by atoms with E-state index in [2.05, 4.69) is 20.9 Å². The van der Waals surface area contributed by atoms with Crippen molar-refractivity contribution in [1.82, 2.24) is 0 Å². The number of nitrogens with one attached hydrogen (secondary N) is 2. The summed E-state index contributed by atoms with van der Waals surface area (Å²) in [6, 6.07) is 29.2. The molecule has 0 aromatic heterocycles. The fourth-order valence-electron chi connectivity index (χ4n) is 6.70. The Hall–Kier alpha value is -8.14. The molecule has 330 valence electrons. The van der Waals surface area contributed by atoms with Gasteiger partial charge in [0.2, 0.25) is 11.6 Å². The molecule has 2 aliphatic heterocycles. The van der Waals surface area contributed by atoms with Gasteiger partial charge >= 0.3 is 0 Å². The van der Waals surface area contributed by atoms with Gasteiger partial charge in [0.25, 0.3) is 11.8 Å². The van der Waals surface area contributed by atoms with Crippen LogP contribution in [0.1, 0.15) is 59.5 Å². The largest absolute Gasteiger partial charge is 0.507 e. The van der Waals surface area contributed by atoms with Gasteiger partial charge in [-0.2, -0.15) is 0 Å². The molecular formula is C49H38F4N4O8. The fraction of sp³-hybridized carbons (Fsp3) is 0.143. The number of amides is 2. The maximum absolute atomic E-state index is 13.9. The fourth-order valence-corrected chi connectivity index (χ4v) is 6.70. The molecule has 0 radical (unpaired) electrons. The molecule has 0 fully saturated rings. The van der Waals surface area contributed by atoms with Crippen molar-refractivity contribution < 1.29 is 56.3 Å². The van der Waals surface area contributed by atoms with E-state index in [0.717, 1.165) is 29.8 Å². The third-order valence-corrected chi connectivity index (χ3v) is 10.3. The van der Waals surface area contributed by atoms with E-state index in [9.17, 15) is 41.8 Å². The van der Waals surface area contributed by atoms with Crippen LogP contribution in [0, 0.1) is 23.3 Å². The number of hydrogen-bond acceptors (Lipinski definition) is 10. The summed E-state index contributed by atoms with van der Waals surface area (Å²) < 4.78 is 60.8. The lowest BCUT2D eigenvalue weighted by molar-refractivity contribution is -0.128. The summed E-state index contributed by atoms with van der Waals surface area (Å²) in [6.45, 7) is 6.54. The Morgan fingerprint density at radius 3 is 1.31 bits per heavy atom. The van der Waals surface area contributed by atoms with E-state index in [0.29, 0.717) is 44.9 Å². The zero-order valence-electron chi connectivity index (χ0n) is 35.3. The van der Waals surface area contributed by atoms with E-state index in [-0.39, 0.29) is 28.7 Å². The molecule has 6 aromatic carbocycles. The average Bonchev–Trinajstić information content (AvgIpc) is 3.71. The maximum atomic E-state index is 13.9. The minimum atomic E-state index is -1.05. The van der Waals surface area contributed by atoms with Gasteiger partial charge in [0.1, 0.15) is 45.9 Å². The molecule has 2 aliphatic rings. The number of rotatable bonds is 9. The van der Waals surface area contributed by atoms with Gasteiger partial charge < -0.3 is 30.2 Å². The number of carbonyl (C=O) groups is 4. The molecule has 8 rings (SSSR count). The number of ketones is 2. The number of benzene rings is 6. The van der Waals surface area contributed by atoms with Crippen LogP contribution in [-0.2, 0) is 19.3 Å². The van der Waals surface area contributed by atoms with E-state index < -0.39 is 57.4 Å². The number of phenols is 1. The van der Waals surface area contributed by atoms with Gasteiger partial charge in [0.15, 0.2) is 22.6 Å². The Balaban J connectivity index is 0.000000194. The van der Waals surface area contributed by atoms with Crippen molar-refractivity contribution in [2.24, 2.45) is 10.3 Å². The first-order valence-electron chi connectivity index (χ1n) is 19.7. The summed E-state index contributed by atoms with van der Waals surface area (Å²) in [5.41, 5.74) is 1.15. The number of aromatic hydroxyl groups is 1. The van der Waals surface area contributed by atoms with Crippen LogP contribution >= 0.6 is 0 Å². The number of hydrogen-bond donors (Lipinski definition) is 3. The molecule has 2 amide bonds. The Morgan fingerprint density at radius 2 is 0.923 bits per heavy atom. The summed E-state index contributed by atoms with van der Waals surface area (Å²) in [7, 11) is 1.53. The third-order valence-electron chi connectivity index (χ3n) is 10.3. The highest BCUT2D eigenvalue weighted by molar-refractivity contribution is 6.50. The highest BCUT2D eigenvalue weighted by Gasteiger charge is 2.41.